The summed E-state index contributed by atoms with van der Waals surface area (Å²) in [6.07, 6.45) is 6.07. The number of nitrogens with one attached hydrogen (secondary N) is 1. The molecule has 1 aliphatic carbocycles. The quantitative estimate of drug-likeness (QED) is 0.652. The number of furan rings is 1. The normalized spacial score (nSPS) is 14.9. The Bertz CT molecular complexity index is 756. The molecule has 2 aromatic rings. The van der Waals surface area contributed by atoms with Gasteiger partial charge >= 0.3 is 0 Å². The summed E-state index contributed by atoms with van der Waals surface area (Å²) in [6, 6.07) is 9.91. The smallest absolute Gasteiger partial charge is 0.174 e. The molecule has 1 heterocycles. The van der Waals surface area contributed by atoms with E-state index in [1.807, 2.05) is 31.2 Å². The fourth-order valence-corrected chi connectivity index (χ4v) is 3.96. The Balaban J connectivity index is 1.80. The second-order valence-electron chi connectivity index (χ2n) is 6.71. The van der Waals surface area contributed by atoms with E-state index in [9.17, 15) is 0 Å². The zero-order valence-corrected chi connectivity index (χ0v) is 16.8. The van der Waals surface area contributed by atoms with E-state index < -0.39 is 0 Å². The van der Waals surface area contributed by atoms with Crippen molar-refractivity contribution in [3.8, 4) is 5.75 Å². The SMILES string of the molecule is COc1ccc(Cl)cc1NC(=S)N(Cc1ccc(C)o1)C1CCCCC1. The summed E-state index contributed by atoms with van der Waals surface area (Å²) in [6.45, 7) is 2.62. The standard InChI is InChI=1S/C20H25ClN2O2S/c1-14-8-10-17(25-14)13-23(16-6-4-3-5-7-16)20(26)22-18-12-15(21)9-11-19(18)24-2/h8-12,16H,3-7,13H2,1-2H3,(H,22,26). The van der Waals surface area contributed by atoms with Crippen LogP contribution >= 0.6 is 23.8 Å². The number of hydrogen-bond donors (Lipinski definition) is 1. The first-order chi connectivity index (χ1) is 12.6. The van der Waals surface area contributed by atoms with Crippen LogP contribution in [0.25, 0.3) is 0 Å². The minimum Gasteiger partial charge on any atom is -0.495 e. The number of ether oxygens (including phenoxy) is 1. The van der Waals surface area contributed by atoms with Gasteiger partial charge in [-0.2, -0.15) is 0 Å². The van der Waals surface area contributed by atoms with Gasteiger partial charge in [0, 0.05) is 11.1 Å². The van der Waals surface area contributed by atoms with E-state index in [1.165, 1.54) is 19.3 Å². The highest BCUT2D eigenvalue weighted by atomic mass is 35.5. The predicted molar refractivity (Wildman–Crippen MR) is 110 cm³/mol. The molecule has 1 N–H and O–H groups in total. The first-order valence-electron chi connectivity index (χ1n) is 9.03. The summed E-state index contributed by atoms with van der Waals surface area (Å²) in [5.41, 5.74) is 0.779. The molecule has 1 saturated carbocycles. The average Bonchev–Trinajstić information content (AvgIpc) is 3.05. The van der Waals surface area contributed by atoms with E-state index in [4.69, 9.17) is 33.0 Å². The Labute approximate surface area is 165 Å². The third-order valence-corrected chi connectivity index (χ3v) is 5.37. The zero-order valence-electron chi connectivity index (χ0n) is 15.3. The number of nitrogens with zero attached hydrogens (tertiary/aromatic N) is 1. The van der Waals surface area contributed by atoms with Crippen molar-refractivity contribution in [3.05, 3.63) is 46.9 Å². The maximum atomic E-state index is 6.15. The van der Waals surface area contributed by atoms with Crippen molar-refractivity contribution in [2.24, 2.45) is 0 Å². The molecule has 0 atom stereocenters. The van der Waals surface area contributed by atoms with Crippen LogP contribution in [0.1, 0.15) is 43.6 Å². The van der Waals surface area contributed by atoms with Crippen LogP contribution in [-0.2, 0) is 6.54 Å². The van der Waals surface area contributed by atoms with E-state index in [1.54, 1.807) is 13.2 Å². The van der Waals surface area contributed by atoms with Gasteiger partial charge in [0.05, 0.1) is 19.3 Å². The number of halogens is 1. The van der Waals surface area contributed by atoms with Crippen LogP contribution < -0.4 is 10.1 Å². The molecule has 0 saturated heterocycles. The number of anilines is 1. The topological polar surface area (TPSA) is 37.6 Å². The molecule has 1 aliphatic rings. The molecule has 4 nitrogen and oxygen atoms in total. The molecular weight excluding hydrogens is 368 g/mol. The van der Waals surface area contributed by atoms with Gasteiger partial charge in [0.2, 0.25) is 0 Å². The molecule has 0 amide bonds. The maximum Gasteiger partial charge on any atom is 0.174 e. The molecule has 0 unspecified atom stereocenters. The van der Waals surface area contributed by atoms with Gasteiger partial charge in [0.1, 0.15) is 17.3 Å². The summed E-state index contributed by atoms with van der Waals surface area (Å²) in [7, 11) is 1.64. The Kier molecular flexibility index (Phi) is 6.43. The number of hydrogen-bond acceptors (Lipinski definition) is 3. The molecule has 3 rings (SSSR count). The molecule has 0 bridgehead atoms. The lowest BCUT2D eigenvalue weighted by Gasteiger charge is -2.36. The monoisotopic (exact) mass is 392 g/mol. The Morgan fingerprint density at radius 1 is 1.27 bits per heavy atom. The van der Waals surface area contributed by atoms with Crippen LogP contribution in [0.15, 0.2) is 34.7 Å². The van der Waals surface area contributed by atoms with Crippen molar-refractivity contribution in [2.75, 3.05) is 12.4 Å². The van der Waals surface area contributed by atoms with Crippen LogP contribution in [0.5, 0.6) is 5.75 Å². The van der Waals surface area contributed by atoms with Crippen molar-refractivity contribution >= 4 is 34.6 Å². The van der Waals surface area contributed by atoms with Gasteiger partial charge in [-0.1, -0.05) is 30.9 Å². The highest BCUT2D eigenvalue weighted by molar-refractivity contribution is 7.80. The molecule has 1 aromatic carbocycles. The predicted octanol–water partition coefficient (Wildman–Crippen LogP) is 5.78. The van der Waals surface area contributed by atoms with E-state index >= 15 is 0 Å². The molecule has 1 fully saturated rings. The van der Waals surface area contributed by atoms with Crippen LogP contribution in [0.2, 0.25) is 5.02 Å². The maximum absolute atomic E-state index is 6.15. The lowest BCUT2D eigenvalue weighted by molar-refractivity contribution is 0.226. The average molecular weight is 393 g/mol. The van der Waals surface area contributed by atoms with Gasteiger partial charge < -0.3 is 19.4 Å². The molecule has 0 spiro atoms. The summed E-state index contributed by atoms with van der Waals surface area (Å²) in [4.78, 5) is 2.24. The first-order valence-corrected chi connectivity index (χ1v) is 9.82. The Morgan fingerprint density at radius 3 is 2.69 bits per heavy atom. The van der Waals surface area contributed by atoms with E-state index in [0.717, 1.165) is 30.0 Å². The van der Waals surface area contributed by atoms with Gasteiger partial charge in [-0.15, -0.1) is 0 Å². The van der Waals surface area contributed by atoms with Gasteiger partial charge in [-0.05, 0) is 62.3 Å². The summed E-state index contributed by atoms with van der Waals surface area (Å²) < 4.78 is 11.2. The van der Waals surface area contributed by atoms with Crippen molar-refractivity contribution in [3.63, 3.8) is 0 Å². The highest BCUT2D eigenvalue weighted by Crippen LogP contribution is 2.30. The molecular formula is C20H25ClN2O2S. The van der Waals surface area contributed by atoms with Crippen molar-refractivity contribution in [1.82, 2.24) is 4.90 Å². The summed E-state index contributed by atoms with van der Waals surface area (Å²) in [5, 5.41) is 4.65. The Morgan fingerprint density at radius 2 is 2.04 bits per heavy atom. The van der Waals surface area contributed by atoms with Crippen LogP contribution in [0.3, 0.4) is 0 Å². The summed E-state index contributed by atoms with van der Waals surface area (Å²) in [5.74, 6) is 2.56. The first kappa shape index (κ1) is 19.1. The van der Waals surface area contributed by atoms with Crippen molar-refractivity contribution in [1.29, 1.82) is 0 Å². The highest BCUT2D eigenvalue weighted by Gasteiger charge is 2.25. The molecule has 0 radical (unpaired) electrons. The second-order valence-corrected chi connectivity index (χ2v) is 7.53. The van der Waals surface area contributed by atoms with E-state index in [-0.39, 0.29) is 0 Å². The number of thiocarbonyl (C=S) groups is 1. The molecule has 0 aliphatic heterocycles. The molecule has 6 heteroatoms. The number of aryl methyl sites for hydroxylation is 1. The summed E-state index contributed by atoms with van der Waals surface area (Å²) >= 11 is 11.9. The lowest BCUT2D eigenvalue weighted by Crippen LogP contribution is -2.43. The number of benzene rings is 1. The molecule has 26 heavy (non-hydrogen) atoms. The minimum atomic E-state index is 0.416. The Hall–Kier alpha value is -1.72. The van der Waals surface area contributed by atoms with E-state index in [2.05, 4.69) is 10.2 Å². The lowest BCUT2D eigenvalue weighted by atomic mass is 9.94. The van der Waals surface area contributed by atoms with Crippen molar-refractivity contribution < 1.29 is 9.15 Å². The molecule has 1 aromatic heterocycles. The zero-order chi connectivity index (χ0) is 18.5. The third-order valence-electron chi connectivity index (χ3n) is 4.80. The van der Waals surface area contributed by atoms with Crippen LogP contribution in [0.4, 0.5) is 5.69 Å². The van der Waals surface area contributed by atoms with Crippen LogP contribution in [-0.4, -0.2) is 23.2 Å². The van der Waals surface area contributed by atoms with Gasteiger partial charge in [-0.25, -0.2) is 0 Å². The minimum absolute atomic E-state index is 0.416. The van der Waals surface area contributed by atoms with Gasteiger partial charge in [0.25, 0.3) is 0 Å². The largest absolute Gasteiger partial charge is 0.495 e. The van der Waals surface area contributed by atoms with Gasteiger partial charge in [0.15, 0.2) is 5.11 Å². The third kappa shape index (κ3) is 4.71. The second kappa shape index (κ2) is 8.78. The fraction of sp³-hybridized carbons (Fsp3) is 0.450. The fourth-order valence-electron chi connectivity index (χ4n) is 3.46. The van der Waals surface area contributed by atoms with E-state index in [0.29, 0.717) is 28.5 Å². The number of rotatable bonds is 5. The van der Waals surface area contributed by atoms with Crippen LogP contribution in [0, 0.1) is 6.92 Å². The van der Waals surface area contributed by atoms with Crippen molar-refractivity contribution in [2.45, 2.75) is 51.6 Å². The van der Waals surface area contributed by atoms with Gasteiger partial charge in [-0.3, -0.25) is 0 Å². The molecule has 140 valence electrons. The number of methoxy groups -OCH3 is 1.